The molecule has 1 aliphatic heterocycles. The third-order valence-electron chi connectivity index (χ3n) is 6.47. The zero-order valence-electron chi connectivity index (χ0n) is 22.7. The summed E-state index contributed by atoms with van der Waals surface area (Å²) in [7, 11) is 0. The number of carbonyl (C=O) groups excluding carboxylic acids is 3. The third-order valence-corrected chi connectivity index (χ3v) is 6.47. The number of nitrogens with zero attached hydrogens (tertiary/aromatic N) is 1. The lowest BCUT2D eigenvalue weighted by molar-refractivity contribution is -0.159. The SMILES string of the molecule is CCOC(=O)[C@H](CCc1ccccc1)NC1CCC(c2ccc(F)cc2)CN(CC(=O)OC(C)(C)C)C1=O. The van der Waals surface area contributed by atoms with Crippen LogP contribution in [-0.4, -0.2) is 60.1 Å². The molecule has 0 radical (unpaired) electrons. The Morgan fingerprint density at radius 2 is 1.76 bits per heavy atom. The summed E-state index contributed by atoms with van der Waals surface area (Å²) < 4.78 is 24.4. The first-order valence-corrected chi connectivity index (χ1v) is 13.3. The number of ether oxygens (including phenoxy) is 2. The van der Waals surface area contributed by atoms with Gasteiger partial charge in [0.15, 0.2) is 0 Å². The fourth-order valence-corrected chi connectivity index (χ4v) is 4.70. The van der Waals surface area contributed by atoms with Gasteiger partial charge in [0, 0.05) is 12.5 Å². The van der Waals surface area contributed by atoms with Crippen LogP contribution in [0.4, 0.5) is 4.39 Å². The fraction of sp³-hybridized carbons (Fsp3) is 0.500. The molecule has 206 valence electrons. The van der Waals surface area contributed by atoms with Crippen molar-refractivity contribution in [3.05, 3.63) is 71.5 Å². The highest BCUT2D eigenvalue weighted by atomic mass is 19.1. The van der Waals surface area contributed by atoms with Crippen LogP contribution in [0.3, 0.4) is 0 Å². The van der Waals surface area contributed by atoms with Gasteiger partial charge in [0.25, 0.3) is 0 Å². The second-order valence-corrected chi connectivity index (χ2v) is 10.7. The van der Waals surface area contributed by atoms with Gasteiger partial charge in [0.05, 0.1) is 12.6 Å². The monoisotopic (exact) mass is 526 g/mol. The van der Waals surface area contributed by atoms with Gasteiger partial charge in [-0.05, 0) is 76.6 Å². The highest BCUT2D eigenvalue weighted by Gasteiger charge is 2.36. The van der Waals surface area contributed by atoms with Crippen LogP contribution in [0.5, 0.6) is 0 Å². The topological polar surface area (TPSA) is 84.9 Å². The summed E-state index contributed by atoms with van der Waals surface area (Å²) >= 11 is 0. The van der Waals surface area contributed by atoms with E-state index in [4.69, 9.17) is 9.47 Å². The van der Waals surface area contributed by atoms with Gasteiger partial charge in [-0.1, -0.05) is 42.5 Å². The molecule has 2 aromatic carbocycles. The normalized spacial score (nSPS) is 19.0. The molecule has 0 bridgehead atoms. The molecule has 1 amide bonds. The van der Waals surface area contributed by atoms with Crippen LogP contribution >= 0.6 is 0 Å². The van der Waals surface area contributed by atoms with Crippen molar-refractivity contribution in [2.75, 3.05) is 19.7 Å². The second kappa shape index (κ2) is 13.5. The van der Waals surface area contributed by atoms with Crippen LogP contribution in [0.25, 0.3) is 0 Å². The largest absolute Gasteiger partial charge is 0.465 e. The Bertz CT molecular complexity index is 1070. The molecule has 1 heterocycles. The molecule has 0 spiro atoms. The number of halogens is 1. The minimum absolute atomic E-state index is 0.0980. The van der Waals surface area contributed by atoms with Crippen molar-refractivity contribution < 1.29 is 28.2 Å². The first-order chi connectivity index (χ1) is 18.1. The molecule has 1 fully saturated rings. The number of likely N-dealkylation sites (tertiary alicyclic amines) is 1. The van der Waals surface area contributed by atoms with Gasteiger partial charge in [-0.2, -0.15) is 0 Å². The lowest BCUT2D eigenvalue weighted by atomic mass is 9.93. The van der Waals surface area contributed by atoms with Crippen LogP contribution in [0, 0.1) is 5.82 Å². The highest BCUT2D eigenvalue weighted by Crippen LogP contribution is 2.28. The number of hydrogen-bond donors (Lipinski definition) is 1. The Kier molecular flexibility index (Phi) is 10.4. The Morgan fingerprint density at radius 3 is 2.39 bits per heavy atom. The average molecular weight is 527 g/mol. The molecule has 0 aliphatic carbocycles. The van der Waals surface area contributed by atoms with E-state index in [1.807, 2.05) is 30.3 Å². The quantitative estimate of drug-likeness (QED) is 0.462. The van der Waals surface area contributed by atoms with E-state index >= 15 is 0 Å². The van der Waals surface area contributed by atoms with Crippen LogP contribution in [0.1, 0.15) is 64.0 Å². The minimum Gasteiger partial charge on any atom is -0.465 e. The van der Waals surface area contributed by atoms with Crippen LogP contribution < -0.4 is 5.32 Å². The fourth-order valence-electron chi connectivity index (χ4n) is 4.70. The first-order valence-electron chi connectivity index (χ1n) is 13.3. The number of hydrogen-bond acceptors (Lipinski definition) is 6. The minimum atomic E-state index is -0.688. The molecule has 3 atom stereocenters. The molecular weight excluding hydrogens is 487 g/mol. The van der Waals surface area contributed by atoms with Crippen molar-refractivity contribution in [2.45, 2.75) is 77.0 Å². The van der Waals surface area contributed by atoms with Gasteiger partial charge < -0.3 is 14.4 Å². The Labute approximate surface area is 224 Å². The molecule has 2 aromatic rings. The van der Waals surface area contributed by atoms with Crippen LogP contribution in [-0.2, 0) is 30.3 Å². The van der Waals surface area contributed by atoms with Crippen molar-refractivity contribution in [3.63, 3.8) is 0 Å². The van der Waals surface area contributed by atoms with Crippen molar-refractivity contribution in [2.24, 2.45) is 0 Å². The first kappa shape index (κ1) is 29.3. The summed E-state index contributed by atoms with van der Waals surface area (Å²) in [5.41, 5.74) is 1.28. The van der Waals surface area contributed by atoms with E-state index in [9.17, 15) is 18.8 Å². The molecule has 0 aromatic heterocycles. The van der Waals surface area contributed by atoms with E-state index < -0.39 is 29.6 Å². The Morgan fingerprint density at radius 1 is 1.08 bits per heavy atom. The zero-order chi connectivity index (χ0) is 27.7. The van der Waals surface area contributed by atoms with E-state index in [-0.39, 0.29) is 37.3 Å². The molecule has 38 heavy (non-hydrogen) atoms. The maximum Gasteiger partial charge on any atom is 0.326 e. The maximum absolute atomic E-state index is 13.7. The molecule has 2 unspecified atom stereocenters. The predicted molar refractivity (Wildman–Crippen MR) is 143 cm³/mol. The molecule has 1 aliphatic rings. The lowest BCUT2D eigenvalue weighted by Gasteiger charge is -2.29. The Hall–Kier alpha value is -3.26. The van der Waals surface area contributed by atoms with Crippen LogP contribution in [0.2, 0.25) is 0 Å². The second-order valence-electron chi connectivity index (χ2n) is 10.7. The van der Waals surface area contributed by atoms with E-state index in [1.54, 1.807) is 39.8 Å². The van der Waals surface area contributed by atoms with E-state index in [1.165, 1.54) is 17.0 Å². The van der Waals surface area contributed by atoms with Crippen molar-refractivity contribution in [3.8, 4) is 0 Å². The number of esters is 2. The molecular formula is C30H39FN2O5. The lowest BCUT2D eigenvalue weighted by Crippen LogP contribution is -2.53. The number of benzene rings is 2. The number of carbonyl (C=O) groups is 3. The molecule has 1 N–H and O–H groups in total. The standard InChI is InChI=1S/C30H39FN2O5/c1-5-37-29(36)26(17-11-21-9-7-6-8-10-21)32-25-18-14-23(22-12-15-24(31)16-13-22)19-33(28(25)35)20-27(34)38-30(2,3)4/h6-10,12-13,15-16,23,25-26,32H,5,11,14,17-20H2,1-4H3/t23?,25?,26-/m0/s1. The van der Waals surface area contributed by atoms with Gasteiger partial charge in [-0.15, -0.1) is 0 Å². The highest BCUT2D eigenvalue weighted by molar-refractivity contribution is 5.87. The van der Waals surface area contributed by atoms with Gasteiger partial charge >= 0.3 is 11.9 Å². The molecule has 1 saturated heterocycles. The molecule has 8 heteroatoms. The van der Waals surface area contributed by atoms with Crippen molar-refractivity contribution >= 4 is 17.8 Å². The third kappa shape index (κ3) is 8.94. The Balaban J connectivity index is 1.81. The van der Waals surface area contributed by atoms with Gasteiger partial charge in [-0.3, -0.25) is 19.7 Å². The summed E-state index contributed by atoms with van der Waals surface area (Å²) in [6.07, 6.45) is 2.17. The smallest absolute Gasteiger partial charge is 0.326 e. The van der Waals surface area contributed by atoms with E-state index in [0.29, 0.717) is 25.7 Å². The van der Waals surface area contributed by atoms with E-state index in [2.05, 4.69) is 5.32 Å². The average Bonchev–Trinajstić information content (AvgIpc) is 3.00. The zero-order valence-corrected chi connectivity index (χ0v) is 22.7. The van der Waals surface area contributed by atoms with E-state index in [0.717, 1.165) is 11.1 Å². The summed E-state index contributed by atoms with van der Waals surface area (Å²) in [5, 5.41) is 3.26. The predicted octanol–water partition coefficient (Wildman–Crippen LogP) is 4.40. The van der Waals surface area contributed by atoms with Crippen molar-refractivity contribution in [1.29, 1.82) is 0 Å². The summed E-state index contributed by atoms with van der Waals surface area (Å²) in [6, 6.07) is 14.7. The molecule has 3 rings (SSSR count). The van der Waals surface area contributed by atoms with Crippen molar-refractivity contribution in [1.82, 2.24) is 10.2 Å². The van der Waals surface area contributed by atoms with Gasteiger partial charge in [0.2, 0.25) is 5.91 Å². The number of nitrogens with one attached hydrogen (secondary N) is 1. The summed E-state index contributed by atoms with van der Waals surface area (Å²) in [6.45, 7) is 7.39. The number of amides is 1. The van der Waals surface area contributed by atoms with Crippen LogP contribution in [0.15, 0.2) is 54.6 Å². The summed E-state index contributed by atoms with van der Waals surface area (Å²) in [5.74, 6) is -1.61. The molecule has 7 nitrogen and oxygen atoms in total. The number of rotatable bonds is 10. The summed E-state index contributed by atoms with van der Waals surface area (Å²) in [4.78, 5) is 40.7. The maximum atomic E-state index is 13.7. The molecule has 0 saturated carbocycles. The van der Waals surface area contributed by atoms with Gasteiger partial charge in [-0.25, -0.2) is 4.39 Å². The number of aryl methyl sites for hydroxylation is 1. The van der Waals surface area contributed by atoms with Gasteiger partial charge in [0.1, 0.15) is 24.0 Å².